The van der Waals surface area contributed by atoms with Gasteiger partial charge in [0.15, 0.2) is 0 Å². The number of amides is 1. The Bertz CT molecular complexity index is 837. The molecule has 0 unspecified atom stereocenters. The highest BCUT2D eigenvalue weighted by Crippen LogP contribution is 2.16. The summed E-state index contributed by atoms with van der Waals surface area (Å²) in [6, 6.07) is 17.9. The zero-order valence-corrected chi connectivity index (χ0v) is 14.0. The van der Waals surface area contributed by atoms with E-state index < -0.39 is 0 Å². The first kappa shape index (κ1) is 16.0. The van der Waals surface area contributed by atoms with Crippen molar-refractivity contribution >= 4 is 11.6 Å². The van der Waals surface area contributed by atoms with Crippen molar-refractivity contribution in [2.24, 2.45) is 0 Å². The SMILES string of the molecule is CCc1c(C(=O)Nc2cccc(C)c2)cnn1Cc1ccccc1. The van der Waals surface area contributed by atoms with Crippen LogP contribution in [-0.4, -0.2) is 15.7 Å². The minimum atomic E-state index is -0.114. The molecule has 4 heteroatoms. The summed E-state index contributed by atoms with van der Waals surface area (Å²) in [5.41, 5.74) is 4.67. The lowest BCUT2D eigenvalue weighted by molar-refractivity contribution is 0.102. The molecular weight excluding hydrogens is 298 g/mol. The maximum absolute atomic E-state index is 12.6. The Morgan fingerprint density at radius 3 is 2.62 bits per heavy atom. The molecule has 1 heterocycles. The highest BCUT2D eigenvalue weighted by molar-refractivity contribution is 6.05. The first-order chi connectivity index (χ1) is 11.7. The summed E-state index contributed by atoms with van der Waals surface area (Å²) in [6.45, 7) is 4.72. The number of hydrogen-bond acceptors (Lipinski definition) is 2. The van der Waals surface area contributed by atoms with Gasteiger partial charge in [0.2, 0.25) is 0 Å². The molecule has 0 atom stereocenters. The van der Waals surface area contributed by atoms with Gasteiger partial charge in [-0.25, -0.2) is 0 Å². The van der Waals surface area contributed by atoms with E-state index in [4.69, 9.17) is 0 Å². The fourth-order valence-electron chi connectivity index (χ4n) is 2.79. The largest absolute Gasteiger partial charge is 0.322 e. The Hall–Kier alpha value is -2.88. The molecule has 4 nitrogen and oxygen atoms in total. The number of rotatable bonds is 5. The lowest BCUT2D eigenvalue weighted by Gasteiger charge is -2.09. The maximum atomic E-state index is 12.6. The molecule has 0 spiro atoms. The van der Waals surface area contributed by atoms with Crippen LogP contribution in [0.5, 0.6) is 0 Å². The molecule has 0 fully saturated rings. The summed E-state index contributed by atoms with van der Waals surface area (Å²) in [5.74, 6) is -0.114. The molecule has 3 aromatic rings. The monoisotopic (exact) mass is 319 g/mol. The van der Waals surface area contributed by atoms with E-state index in [-0.39, 0.29) is 5.91 Å². The van der Waals surface area contributed by atoms with Crippen LogP contribution in [-0.2, 0) is 13.0 Å². The number of carbonyl (C=O) groups is 1. The van der Waals surface area contributed by atoms with Crippen molar-refractivity contribution in [1.82, 2.24) is 9.78 Å². The number of nitrogens with zero attached hydrogens (tertiary/aromatic N) is 2. The highest BCUT2D eigenvalue weighted by atomic mass is 16.1. The lowest BCUT2D eigenvalue weighted by Crippen LogP contribution is -2.15. The van der Waals surface area contributed by atoms with Crippen LogP contribution in [0.1, 0.15) is 34.1 Å². The molecule has 0 aliphatic rings. The molecule has 122 valence electrons. The normalized spacial score (nSPS) is 10.6. The van der Waals surface area contributed by atoms with Gasteiger partial charge < -0.3 is 5.32 Å². The van der Waals surface area contributed by atoms with E-state index in [1.54, 1.807) is 6.20 Å². The number of hydrogen-bond donors (Lipinski definition) is 1. The lowest BCUT2D eigenvalue weighted by atomic mass is 10.1. The number of aryl methyl sites for hydroxylation is 1. The van der Waals surface area contributed by atoms with E-state index in [0.717, 1.165) is 23.4 Å². The van der Waals surface area contributed by atoms with E-state index in [1.165, 1.54) is 5.56 Å². The summed E-state index contributed by atoms with van der Waals surface area (Å²) < 4.78 is 1.90. The Balaban J connectivity index is 1.82. The van der Waals surface area contributed by atoms with E-state index in [1.807, 2.05) is 61.0 Å². The van der Waals surface area contributed by atoms with Crippen molar-refractivity contribution in [3.8, 4) is 0 Å². The Morgan fingerprint density at radius 1 is 1.12 bits per heavy atom. The first-order valence-corrected chi connectivity index (χ1v) is 8.14. The minimum Gasteiger partial charge on any atom is -0.322 e. The van der Waals surface area contributed by atoms with Crippen molar-refractivity contribution < 1.29 is 4.79 Å². The number of aromatic nitrogens is 2. The van der Waals surface area contributed by atoms with Crippen LogP contribution < -0.4 is 5.32 Å². The van der Waals surface area contributed by atoms with E-state index in [9.17, 15) is 4.79 Å². The Kier molecular flexibility index (Phi) is 4.75. The van der Waals surface area contributed by atoms with Crippen LogP contribution in [0.15, 0.2) is 60.8 Å². The molecule has 0 saturated heterocycles. The first-order valence-electron chi connectivity index (χ1n) is 8.14. The van der Waals surface area contributed by atoms with Gasteiger partial charge >= 0.3 is 0 Å². The predicted molar refractivity (Wildman–Crippen MR) is 96.3 cm³/mol. The van der Waals surface area contributed by atoms with Gasteiger partial charge in [-0.3, -0.25) is 9.48 Å². The molecule has 24 heavy (non-hydrogen) atoms. The minimum absolute atomic E-state index is 0.114. The average molecular weight is 319 g/mol. The topological polar surface area (TPSA) is 46.9 Å². The molecule has 0 aliphatic carbocycles. The highest BCUT2D eigenvalue weighted by Gasteiger charge is 2.16. The van der Waals surface area contributed by atoms with Gasteiger partial charge in [-0.05, 0) is 36.6 Å². The van der Waals surface area contributed by atoms with Crippen LogP contribution in [0.2, 0.25) is 0 Å². The van der Waals surface area contributed by atoms with Gasteiger partial charge in [0, 0.05) is 5.69 Å². The van der Waals surface area contributed by atoms with Gasteiger partial charge in [-0.15, -0.1) is 0 Å². The number of nitrogens with one attached hydrogen (secondary N) is 1. The van der Waals surface area contributed by atoms with Crippen LogP contribution in [0.4, 0.5) is 5.69 Å². The van der Waals surface area contributed by atoms with Crippen molar-refractivity contribution in [1.29, 1.82) is 0 Å². The third-order valence-electron chi connectivity index (χ3n) is 3.98. The van der Waals surface area contributed by atoms with Crippen LogP contribution in [0.3, 0.4) is 0 Å². The fourth-order valence-corrected chi connectivity index (χ4v) is 2.79. The van der Waals surface area contributed by atoms with E-state index >= 15 is 0 Å². The van der Waals surface area contributed by atoms with E-state index in [0.29, 0.717) is 12.1 Å². The molecule has 2 aromatic carbocycles. The average Bonchev–Trinajstić information content (AvgIpc) is 2.98. The second kappa shape index (κ2) is 7.13. The second-order valence-electron chi connectivity index (χ2n) is 5.83. The van der Waals surface area contributed by atoms with E-state index in [2.05, 4.69) is 22.5 Å². The number of carbonyl (C=O) groups excluding carboxylic acids is 1. The molecule has 1 aromatic heterocycles. The van der Waals surface area contributed by atoms with Crippen LogP contribution >= 0.6 is 0 Å². The molecule has 0 aliphatic heterocycles. The third-order valence-corrected chi connectivity index (χ3v) is 3.98. The zero-order valence-electron chi connectivity index (χ0n) is 14.0. The van der Waals surface area contributed by atoms with Crippen LogP contribution in [0.25, 0.3) is 0 Å². The summed E-state index contributed by atoms with van der Waals surface area (Å²) >= 11 is 0. The molecule has 0 saturated carbocycles. The van der Waals surface area contributed by atoms with Gasteiger partial charge in [0.05, 0.1) is 24.0 Å². The van der Waals surface area contributed by atoms with Crippen molar-refractivity contribution in [3.05, 3.63) is 83.2 Å². The van der Waals surface area contributed by atoms with Gasteiger partial charge in [0.1, 0.15) is 0 Å². The number of benzene rings is 2. The standard InChI is InChI=1S/C20H21N3O/c1-3-19-18(20(24)22-17-11-7-8-15(2)12-17)13-21-23(19)14-16-9-5-4-6-10-16/h4-13H,3,14H2,1-2H3,(H,22,24). The number of anilines is 1. The quantitative estimate of drug-likeness (QED) is 0.771. The maximum Gasteiger partial charge on any atom is 0.259 e. The van der Waals surface area contributed by atoms with Crippen LogP contribution in [0, 0.1) is 6.92 Å². The van der Waals surface area contributed by atoms with Crippen molar-refractivity contribution in [2.75, 3.05) is 5.32 Å². The Morgan fingerprint density at radius 2 is 1.92 bits per heavy atom. The molecule has 0 bridgehead atoms. The Labute approximate surface area is 142 Å². The summed E-state index contributed by atoms with van der Waals surface area (Å²) in [7, 11) is 0. The van der Waals surface area contributed by atoms with Crippen molar-refractivity contribution in [3.63, 3.8) is 0 Å². The smallest absolute Gasteiger partial charge is 0.259 e. The zero-order chi connectivity index (χ0) is 16.9. The third kappa shape index (κ3) is 3.54. The molecule has 0 radical (unpaired) electrons. The fraction of sp³-hybridized carbons (Fsp3) is 0.200. The molecule has 3 rings (SSSR count). The summed E-state index contributed by atoms with van der Waals surface area (Å²) in [5, 5.41) is 7.38. The summed E-state index contributed by atoms with van der Waals surface area (Å²) in [4.78, 5) is 12.6. The summed E-state index contributed by atoms with van der Waals surface area (Å²) in [6.07, 6.45) is 2.41. The van der Waals surface area contributed by atoms with Crippen molar-refractivity contribution in [2.45, 2.75) is 26.8 Å². The van der Waals surface area contributed by atoms with Gasteiger partial charge in [-0.1, -0.05) is 49.4 Å². The van der Waals surface area contributed by atoms with Gasteiger partial charge in [0.25, 0.3) is 5.91 Å². The molecule has 1 amide bonds. The molecule has 1 N–H and O–H groups in total. The predicted octanol–water partition coefficient (Wildman–Crippen LogP) is 4.05. The van der Waals surface area contributed by atoms with Gasteiger partial charge in [-0.2, -0.15) is 5.10 Å². The second-order valence-corrected chi connectivity index (χ2v) is 5.83. The molecular formula is C20H21N3O.